The molecule has 2 aromatic rings. The molecule has 0 aromatic heterocycles. The van der Waals surface area contributed by atoms with Crippen LogP contribution >= 0.6 is 0 Å². The summed E-state index contributed by atoms with van der Waals surface area (Å²) < 4.78 is 0. The molecule has 2 rings (SSSR count). The number of hydrogen-bond donors (Lipinski definition) is 1. The van der Waals surface area contributed by atoms with E-state index in [0.29, 0.717) is 6.42 Å². The minimum Gasteiger partial charge on any atom is -0.392 e. The number of rotatable bonds is 2. The number of hydrogen-bond acceptors (Lipinski definition) is 1. The summed E-state index contributed by atoms with van der Waals surface area (Å²) in [5.41, 5.74) is 3.38. The molecular weight excluding hydrogens is 220 g/mol. The molecule has 0 saturated carbocycles. The maximum Gasteiger partial charge on any atom is 0.0621 e. The van der Waals surface area contributed by atoms with Crippen molar-refractivity contribution in [2.45, 2.75) is 19.4 Å². The lowest BCUT2D eigenvalue weighted by Gasteiger charge is -2.00. The van der Waals surface area contributed by atoms with Gasteiger partial charge in [-0.2, -0.15) is 0 Å². The molecule has 18 heavy (non-hydrogen) atoms. The van der Waals surface area contributed by atoms with Crippen molar-refractivity contribution in [2.24, 2.45) is 0 Å². The first-order valence-corrected chi connectivity index (χ1v) is 6.08. The van der Waals surface area contributed by atoms with Gasteiger partial charge in [-0.1, -0.05) is 54.3 Å². The highest BCUT2D eigenvalue weighted by Gasteiger charge is 1.95. The van der Waals surface area contributed by atoms with Gasteiger partial charge in [-0.15, -0.1) is 0 Å². The molecule has 0 amide bonds. The smallest absolute Gasteiger partial charge is 0.0621 e. The fraction of sp³-hybridized carbons (Fsp3) is 0.176. The minimum atomic E-state index is -0.360. The van der Waals surface area contributed by atoms with Gasteiger partial charge in [-0.05, 0) is 30.2 Å². The molecule has 1 nitrogen and oxygen atoms in total. The average Bonchev–Trinajstić information content (AvgIpc) is 2.40. The lowest BCUT2D eigenvalue weighted by molar-refractivity contribution is 0.201. The molecule has 0 fully saturated rings. The zero-order valence-electron chi connectivity index (χ0n) is 10.4. The number of benzene rings is 2. The molecule has 0 radical (unpaired) electrons. The van der Waals surface area contributed by atoms with Crippen LogP contribution in [-0.4, -0.2) is 11.2 Å². The van der Waals surface area contributed by atoms with E-state index in [-0.39, 0.29) is 6.10 Å². The Morgan fingerprint density at radius 1 is 0.944 bits per heavy atom. The van der Waals surface area contributed by atoms with Gasteiger partial charge in [-0.25, -0.2) is 0 Å². The molecule has 1 N–H and O–H groups in total. The second-order valence-corrected chi connectivity index (χ2v) is 4.30. The van der Waals surface area contributed by atoms with Gasteiger partial charge in [-0.3, -0.25) is 0 Å². The van der Waals surface area contributed by atoms with Crippen LogP contribution in [0.15, 0.2) is 54.6 Å². The molecule has 90 valence electrons. The molecule has 2 aromatic carbocycles. The van der Waals surface area contributed by atoms with Crippen molar-refractivity contribution in [2.75, 3.05) is 0 Å². The third-order valence-corrected chi connectivity index (χ3v) is 2.62. The maximum atomic E-state index is 9.12. The van der Waals surface area contributed by atoms with Gasteiger partial charge in [0, 0.05) is 12.0 Å². The summed E-state index contributed by atoms with van der Waals surface area (Å²) in [5.74, 6) is 6.01. The third kappa shape index (κ3) is 3.48. The molecule has 0 spiro atoms. The Bertz CT molecular complexity index is 542. The highest BCUT2D eigenvalue weighted by atomic mass is 16.3. The maximum absolute atomic E-state index is 9.12. The van der Waals surface area contributed by atoms with Crippen LogP contribution in [-0.2, 0) is 0 Å². The summed E-state index contributed by atoms with van der Waals surface area (Å²) >= 11 is 0. The lowest BCUT2D eigenvalue weighted by Crippen LogP contribution is -1.95. The average molecular weight is 236 g/mol. The molecule has 0 aliphatic carbocycles. The molecule has 1 unspecified atom stereocenters. The largest absolute Gasteiger partial charge is 0.392 e. The van der Waals surface area contributed by atoms with Crippen LogP contribution < -0.4 is 0 Å². The van der Waals surface area contributed by atoms with Crippen molar-refractivity contribution in [1.82, 2.24) is 0 Å². The van der Waals surface area contributed by atoms with Crippen molar-refractivity contribution in [3.8, 4) is 23.0 Å². The van der Waals surface area contributed by atoms with E-state index in [9.17, 15) is 0 Å². The molecule has 0 bridgehead atoms. The monoisotopic (exact) mass is 236 g/mol. The topological polar surface area (TPSA) is 20.2 Å². The number of aliphatic hydroxyl groups excluding tert-OH is 1. The van der Waals surface area contributed by atoms with Crippen LogP contribution in [0.25, 0.3) is 11.1 Å². The highest BCUT2D eigenvalue weighted by molar-refractivity contribution is 5.64. The third-order valence-electron chi connectivity index (χ3n) is 2.62. The Labute approximate surface area is 108 Å². The fourth-order valence-electron chi connectivity index (χ4n) is 1.68. The van der Waals surface area contributed by atoms with E-state index >= 15 is 0 Å². The standard InChI is InChI=1S/C17H16O/c1-14(18)6-5-7-15-10-12-17(13-11-15)16-8-3-2-4-9-16/h2-4,8-14,18H,6H2,1H3. The normalized spacial score (nSPS) is 11.4. The highest BCUT2D eigenvalue weighted by Crippen LogP contribution is 2.18. The molecule has 0 aliphatic heterocycles. The van der Waals surface area contributed by atoms with E-state index in [1.165, 1.54) is 11.1 Å². The molecule has 1 atom stereocenters. The van der Waals surface area contributed by atoms with Gasteiger partial charge in [0.25, 0.3) is 0 Å². The predicted molar refractivity (Wildman–Crippen MR) is 75.1 cm³/mol. The van der Waals surface area contributed by atoms with Gasteiger partial charge in [0.2, 0.25) is 0 Å². The summed E-state index contributed by atoms with van der Waals surface area (Å²) in [7, 11) is 0. The Morgan fingerprint density at radius 3 is 2.17 bits per heavy atom. The Morgan fingerprint density at radius 2 is 1.56 bits per heavy atom. The first-order valence-electron chi connectivity index (χ1n) is 6.08. The van der Waals surface area contributed by atoms with Crippen LogP contribution in [0.5, 0.6) is 0 Å². The Hall–Kier alpha value is -2.04. The first kappa shape index (κ1) is 12.4. The van der Waals surface area contributed by atoms with Gasteiger partial charge in [0.15, 0.2) is 0 Å². The molecule has 0 aliphatic rings. The summed E-state index contributed by atoms with van der Waals surface area (Å²) in [6.07, 6.45) is 0.154. The molecular formula is C17H16O. The summed E-state index contributed by atoms with van der Waals surface area (Å²) in [5, 5.41) is 9.12. The lowest BCUT2D eigenvalue weighted by atomic mass is 10.0. The van der Waals surface area contributed by atoms with E-state index in [2.05, 4.69) is 36.1 Å². The van der Waals surface area contributed by atoms with Crippen LogP contribution in [0.2, 0.25) is 0 Å². The predicted octanol–water partition coefficient (Wildman–Crippen LogP) is 3.48. The SMILES string of the molecule is CC(O)CC#Cc1ccc(-c2ccccc2)cc1. The van der Waals surface area contributed by atoms with Crippen molar-refractivity contribution < 1.29 is 5.11 Å². The minimum absolute atomic E-state index is 0.360. The second kappa shape index (κ2) is 6.05. The summed E-state index contributed by atoms with van der Waals surface area (Å²) in [4.78, 5) is 0. The molecule has 1 heteroatoms. The molecule has 0 heterocycles. The Balaban J connectivity index is 2.13. The quantitative estimate of drug-likeness (QED) is 0.791. The van der Waals surface area contributed by atoms with Crippen molar-refractivity contribution in [3.63, 3.8) is 0 Å². The van der Waals surface area contributed by atoms with E-state index in [0.717, 1.165) is 5.56 Å². The van der Waals surface area contributed by atoms with Crippen molar-refractivity contribution >= 4 is 0 Å². The van der Waals surface area contributed by atoms with E-state index in [4.69, 9.17) is 5.11 Å². The zero-order valence-corrected chi connectivity index (χ0v) is 10.4. The van der Waals surface area contributed by atoms with Gasteiger partial charge in [0.05, 0.1) is 6.10 Å². The summed E-state index contributed by atoms with van der Waals surface area (Å²) in [6, 6.07) is 18.4. The fourth-order valence-corrected chi connectivity index (χ4v) is 1.68. The second-order valence-electron chi connectivity index (χ2n) is 4.30. The Kier molecular flexibility index (Phi) is 4.17. The van der Waals surface area contributed by atoms with E-state index in [1.54, 1.807) is 6.92 Å². The van der Waals surface area contributed by atoms with Crippen LogP contribution in [0.1, 0.15) is 18.9 Å². The van der Waals surface area contributed by atoms with Crippen LogP contribution in [0.4, 0.5) is 0 Å². The molecule has 0 saturated heterocycles. The van der Waals surface area contributed by atoms with Gasteiger partial charge < -0.3 is 5.11 Å². The summed E-state index contributed by atoms with van der Waals surface area (Å²) in [6.45, 7) is 1.74. The zero-order chi connectivity index (χ0) is 12.8. The van der Waals surface area contributed by atoms with Gasteiger partial charge in [0.1, 0.15) is 0 Å². The van der Waals surface area contributed by atoms with E-state index in [1.807, 2.05) is 30.3 Å². The van der Waals surface area contributed by atoms with E-state index < -0.39 is 0 Å². The first-order chi connectivity index (χ1) is 8.75. The van der Waals surface area contributed by atoms with Gasteiger partial charge >= 0.3 is 0 Å². The van der Waals surface area contributed by atoms with Crippen molar-refractivity contribution in [3.05, 3.63) is 60.2 Å². The number of aliphatic hydroxyl groups is 1. The van der Waals surface area contributed by atoms with Crippen molar-refractivity contribution in [1.29, 1.82) is 0 Å². The van der Waals surface area contributed by atoms with Crippen LogP contribution in [0, 0.1) is 11.8 Å². The van der Waals surface area contributed by atoms with Crippen LogP contribution in [0.3, 0.4) is 0 Å².